The maximum atomic E-state index is 13.4. The fraction of sp³-hybridized carbons (Fsp3) is 0.450. The van der Waals surface area contributed by atoms with E-state index in [0.717, 1.165) is 28.4 Å². The van der Waals surface area contributed by atoms with E-state index in [-0.39, 0.29) is 12.4 Å². The Bertz CT molecular complexity index is 1010. The van der Waals surface area contributed by atoms with Crippen LogP contribution in [0.2, 0.25) is 0 Å². The van der Waals surface area contributed by atoms with Gasteiger partial charge >= 0.3 is 6.09 Å². The monoisotopic (exact) mass is 434 g/mol. The molecule has 1 aromatic heterocycles. The van der Waals surface area contributed by atoms with Gasteiger partial charge in [-0.2, -0.15) is 0 Å². The van der Waals surface area contributed by atoms with Gasteiger partial charge < -0.3 is 25.3 Å². The quantitative estimate of drug-likeness (QED) is 0.723. The van der Waals surface area contributed by atoms with Crippen LogP contribution in [-0.2, 0) is 16.1 Å². The molecule has 2 aliphatic heterocycles. The molecule has 0 bridgehead atoms. The summed E-state index contributed by atoms with van der Waals surface area (Å²) < 4.78 is 33.5. The van der Waals surface area contributed by atoms with Gasteiger partial charge in [0.2, 0.25) is 5.91 Å². The number of cyclic esters (lactones) is 1. The molecule has 11 heteroatoms. The number of benzene rings is 1. The van der Waals surface area contributed by atoms with Crippen molar-refractivity contribution in [3.05, 3.63) is 24.4 Å². The number of fused-ring (bicyclic) bond motifs is 3. The highest BCUT2D eigenvalue weighted by molar-refractivity contribution is 5.90. The fourth-order valence-electron chi connectivity index (χ4n) is 3.86. The molecule has 0 radical (unpaired) electrons. The number of halogens is 2. The molecule has 0 aliphatic carbocycles. The minimum atomic E-state index is -2.74. The summed E-state index contributed by atoms with van der Waals surface area (Å²) in [6.45, 7) is 5.30. The number of anilines is 3. The molecule has 3 N–H and O–H groups in total. The summed E-state index contributed by atoms with van der Waals surface area (Å²) in [6, 6.07) is 3.67. The van der Waals surface area contributed by atoms with E-state index in [1.54, 1.807) is 13.1 Å². The summed E-state index contributed by atoms with van der Waals surface area (Å²) in [5, 5.41) is 3.07. The third kappa shape index (κ3) is 3.75. The molecular formula is C20H24F2N6O3. The van der Waals surface area contributed by atoms with Gasteiger partial charge in [-0.05, 0) is 32.0 Å². The molecule has 1 aromatic carbocycles. The topological polar surface area (TPSA) is 106 Å². The first-order valence-electron chi connectivity index (χ1n) is 10.1. The smallest absolute Gasteiger partial charge is 0.416 e. The van der Waals surface area contributed by atoms with Crippen molar-refractivity contribution in [3.63, 3.8) is 0 Å². The molecule has 2 amide bonds. The molecule has 166 valence electrons. The Morgan fingerprint density at radius 2 is 2.16 bits per heavy atom. The number of primary amides is 1. The van der Waals surface area contributed by atoms with Gasteiger partial charge in [0.05, 0.1) is 0 Å². The number of rotatable bonds is 6. The van der Waals surface area contributed by atoms with Crippen molar-refractivity contribution < 1.29 is 23.1 Å². The number of carbonyl (C=O) groups is 2. The number of ether oxygens (including phenoxy) is 1. The average molecular weight is 434 g/mol. The Hall–Kier alpha value is -3.37. The van der Waals surface area contributed by atoms with E-state index >= 15 is 0 Å². The van der Waals surface area contributed by atoms with Crippen LogP contribution < -0.4 is 20.9 Å². The zero-order valence-corrected chi connectivity index (χ0v) is 17.2. The number of nitrogens with two attached hydrogens (primary N) is 1. The van der Waals surface area contributed by atoms with Crippen molar-refractivity contribution in [2.75, 3.05) is 34.8 Å². The Morgan fingerprint density at radius 3 is 2.84 bits per heavy atom. The molecule has 1 saturated heterocycles. The lowest BCUT2D eigenvalue weighted by atomic mass is 10.1. The van der Waals surface area contributed by atoms with Crippen LogP contribution in [0.1, 0.15) is 13.8 Å². The number of hydrogen-bond donors (Lipinski definition) is 2. The first-order chi connectivity index (χ1) is 14.8. The predicted molar refractivity (Wildman–Crippen MR) is 111 cm³/mol. The van der Waals surface area contributed by atoms with E-state index in [9.17, 15) is 18.4 Å². The third-order valence-electron chi connectivity index (χ3n) is 5.59. The highest BCUT2D eigenvalue weighted by atomic mass is 19.3. The molecule has 0 spiro atoms. The van der Waals surface area contributed by atoms with Gasteiger partial charge in [-0.3, -0.25) is 4.79 Å². The Morgan fingerprint density at radius 1 is 1.39 bits per heavy atom. The number of imidazole rings is 1. The molecule has 2 aliphatic rings. The van der Waals surface area contributed by atoms with Crippen molar-refractivity contribution >= 4 is 29.2 Å². The van der Waals surface area contributed by atoms with Crippen LogP contribution in [-0.4, -0.2) is 59.8 Å². The van der Waals surface area contributed by atoms with Gasteiger partial charge in [0.15, 0.2) is 5.82 Å². The maximum Gasteiger partial charge on any atom is 0.416 e. The van der Waals surface area contributed by atoms with Gasteiger partial charge in [0.1, 0.15) is 24.5 Å². The first-order valence-corrected chi connectivity index (χ1v) is 10.1. The Balaban J connectivity index is 1.74. The van der Waals surface area contributed by atoms with Crippen LogP contribution in [0, 0.1) is 0 Å². The molecule has 2 aromatic rings. The summed E-state index contributed by atoms with van der Waals surface area (Å²) in [5.41, 5.74) is 7.75. The van der Waals surface area contributed by atoms with Crippen LogP contribution in [0.25, 0.3) is 11.4 Å². The standard InChI is InChI=1S/C20H24F2N6O3/c1-3-26-6-7-27-9-16(28-15(17(21)22)10-31-20(28)30)25-19(27)13-5-4-12(8-14(13)26)24-11(2)18(23)29/h4-5,8-9,11,15,17,24H,3,6-7,10H2,1-2H3,(H2,23,29)/t11-,15-/m0/s1. The van der Waals surface area contributed by atoms with Gasteiger partial charge in [0.25, 0.3) is 6.43 Å². The third-order valence-corrected chi connectivity index (χ3v) is 5.59. The first kappa shape index (κ1) is 20.9. The van der Waals surface area contributed by atoms with E-state index in [0.29, 0.717) is 18.9 Å². The van der Waals surface area contributed by atoms with Gasteiger partial charge in [-0.1, -0.05) is 0 Å². The van der Waals surface area contributed by atoms with Crippen molar-refractivity contribution in [1.29, 1.82) is 0 Å². The number of nitrogens with one attached hydrogen (secondary N) is 1. The van der Waals surface area contributed by atoms with Gasteiger partial charge in [0, 0.05) is 42.8 Å². The lowest BCUT2D eigenvalue weighted by molar-refractivity contribution is -0.118. The second kappa shape index (κ2) is 8.05. The number of likely N-dealkylation sites (N-methyl/N-ethyl adjacent to an activating group) is 1. The molecule has 31 heavy (non-hydrogen) atoms. The summed E-state index contributed by atoms with van der Waals surface area (Å²) in [7, 11) is 0. The van der Waals surface area contributed by atoms with Gasteiger partial charge in [-0.15, -0.1) is 0 Å². The average Bonchev–Trinajstić information content (AvgIpc) is 3.28. The lowest BCUT2D eigenvalue weighted by Crippen LogP contribution is -2.38. The minimum Gasteiger partial charge on any atom is -0.447 e. The number of carbonyl (C=O) groups excluding carboxylic acids is 2. The molecule has 9 nitrogen and oxygen atoms in total. The Kier molecular flexibility index (Phi) is 5.42. The normalized spacial score (nSPS) is 19.0. The number of nitrogens with zero attached hydrogens (tertiary/aromatic N) is 4. The maximum absolute atomic E-state index is 13.4. The second-order valence-corrected chi connectivity index (χ2v) is 7.54. The molecule has 0 unspecified atom stereocenters. The van der Waals surface area contributed by atoms with Crippen LogP contribution in [0.15, 0.2) is 24.4 Å². The predicted octanol–water partition coefficient (Wildman–Crippen LogP) is 2.27. The zero-order chi connectivity index (χ0) is 22.3. The summed E-state index contributed by atoms with van der Waals surface area (Å²) >= 11 is 0. The van der Waals surface area contributed by atoms with E-state index < -0.39 is 30.5 Å². The summed E-state index contributed by atoms with van der Waals surface area (Å²) in [6.07, 6.45) is -1.95. The summed E-state index contributed by atoms with van der Waals surface area (Å²) in [5.74, 6) is 0.250. The lowest BCUT2D eigenvalue weighted by Gasteiger charge is -2.24. The van der Waals surface area contributed by atoms with Gasteiger partial charge in [-0.25, -0.2) is 23.5 Å². The molecule has 3 heterocycles. The van der Waals surface area contributed by atoms with Crippen molar-refractivity contribution in [1.82, 2.24) is 9.55 Å². The van der Waals surface area contributed by atoms with Crippen LogP contribution in [0.4, 0.5) is 30.8 Å². The molecule has 2 atom stereocenters. The zero-order valence-electron chi connectivity index (χ0n) is 17.2. The second-order valence-electron chi connectivity index (χ2n) is 7.54. The molecular weight excluding hydrogens is 410 g/mol. The van der Waals surface area contributed by atoms with Crippen molar-refractivity contribution in [2.24, 2.45) is 5.73 Å². The van der Waals surface area contributed by atoms with Crippen molar-refractivity contribution in [2.45, 2.75) is 38.9 Å². The number of alkyl halides is 2. The highest BCUT2D eigenvalue weighted by Gasteiger charge is 2.42. The minimum absolute atomic E-state index is 0.142. The molecule has 4 rings (SSSR count). The van der Waals surface area contributed by atoms with Crippen LogP contribution in [0.5, 0.6) is 0 Å². The Labute approximate surface area is 177 Å². The number of amides is 2. The largest absolute Gasteiger partial charge is 0.447 e. The molecule has 1 fully saturated rings. The van der Waals surface area contributed by atoms with Crippen molar-refractivity contribution in [3.8, 4) is 11.4 Å². The van der Waals surface area contributed by atoms with Crippen LogP contribution in [0.3, 0.4) is 0 Å². The highest BCUT2D eigenvalue weighted by Crippen LogP contribution is 2.37. The summed E-state index contributed by atoms with van der Waals surface area (Å²) in [4.78, 5) is 31.1. The van der Waals surface area contributed by atoms with E-state index in [1.807, 2.05) is 29.7 Å². The van der Waals surface area contributed by atoms with Crippen LogP contribution >= 0.6 is 0 Å². The number of aromatic nitrogens is 2. The van der Waals surface area contributed by atoms with E-state index in [4.69, 9.17) is 10.5 Å². The van der Waals surface area contributed by atoms with E-state index in [2.05, 4.69) is 15.2 Å². The fourth-order valence-corrected chi connectivity index (χ4v) is 3.86. The molecule has 0 saturated carbocycles. The van der Waals surface area contributed by atoms with E-state index in [1.165, 1.54) is 0 Å². The SMILES string of the molecule is CCN1CCn2cc(N3C(=O)OC[C@H]3C(F)F)nc2-c2ccc(N[C@@H](C)C(N)=O)cc21. The number of hydrogen-bond acceptors (Lipinski definition) is 6.